The lowest BCUT2D eigenvalue weighted by Gasteiger charge is -2.13. The van der Waals surface area contributed by atoms with Crippen LogP contribution in [0.2, 0.25) is 0 Å². The lowest BCUT2D eigenvalue weighted by Crippen LogP contribution is -2.36. The highest BCUT2D eigenvalue weighted by molar-refractivity contribution is 8.18. The molecule has 1 saturated heterocycles. The topological polar surface area (TPSA) is 150 Å². The van der Waals surface area contributed by atoms with Gasteiger partial charge in [-0.05, 0) is 66.7 Å². The zero-order valence-corrected chi connectivity index (χ0v) is 21.6. The fourth-order valence-corrected chi connectivity index (χ4v) is 4.28. The van der Waals surface area contributed by atoms with Gasteiger partial charge in [-0.25, -0.2) is 4.98 Å². The Morgan fingerprint density at radius 2 is 1.90 bits per heavy atom. The van der Waals surface area contributed by atoms with Crippen molar-refractivity contribution in [2.45, 2.75) is 6.92 Å². The van der Waals surface area contributed by atoms with Crippen LogP contribution in [-0.2, 0) is 9.59 Å². The van der Waals surface area contributed by atoms with Crippen molar-refractivity contribution >= 4 is 46.3 Å². The molecule has 3 amide bonds. The molecule has 4 rings (SSSR count). The van der Waals surface area contributed by atoms with Gasteiger partial charge in [0.15, 0.2) is 11.5 Å². The highest BCUT2D eigenvalue weighted by Gasteiger charge is 2.36. The highest BCUT2D eigenvalue weighted by Crippen LogP contribution is 2.36. The number of hydrogen-bond donors (Lipinski definition) is 1. The number of carbonyl (C=O) groups excluding carboxylic acids is 3. The minimum Gasteiger partial charge on any atom is -0.494 e. The van der Waals surface area contributed by atoms with E-state index in [-0.39, 0.29) is 22.2 Å². The molecule has 1 aromatic heterocycles. The van der Waals surface area contributed by atoms with Crippen molar-refractivity contribution < 1.29 is 33.5 Å². The SMILES string of the molecule is CCOc1ccc(NC(=O)CN2C(=O)SC(=Cc3ccc(Oc4ccc([N+](=O)[O-])cn4)c(OC)c3)C2=O)cc1. The first-order valence-electron chi connectivity index (χ1n) is 11.5. The van der Waals surface area contributed by atoms with Crippen molar-refractivity contribution in [3.63, 3.8) is 0 Å². The van der Waals surface area contributed by atoms with Crippen LogP contribution >= 0.6 is 11.8 Å². The molecule has 1 N–H and O–H groups in total. The van der Waals surface area contributed by atoms with Gasteiger partial charge in [0.25, 0.3) is 16.8 Å². The van der Waals surface area contributed by atoms with Gasteiger partial charge in [0.05, 0.1) is 23.5 Å². The first-order valence-corrected chi connectivity index (χ1v) is 12.3. The van der Waals surface area contributed by atoms with Gasteiger partial charge in [0.1, 0.15) is 18.5 Å². The van der Waals surface area contributed by atoms with Crippen molar-refractivity contribution in [3.8, 4) is 23.1 Å². The van der Waals surface area contributed by atoms with Crippen molar-refractivity contribution in [2.24, 2.45) is 0 Å². The van der Waals surface area contributed by atoms with Gasteiger partial charge in [-0.3, -0.25) is 29.4 Å². The molecule has 0 atom stereocenters. The van der Waals surface area contributed by atoms with Gasteiger partial charge in [-0.15, -0.1) is 0 Å². The minimum atomic E-state index is -0.596. The number of pyridine rings is 1. The highest BCUT2D eigenvalue weighted by atomic mass is 32.2. The average Bonchev–Trinajstić information content (AvgIpc) is 3.18. The summed E-state index contributed by atoms with van der Waals surface area (Å²) < 4.78 is 16.4. The van der Waals surface area contributed by atoms with E-state index < -0.39 is 28.5 Å². The summed E-state index contributed by atoms with van der Waals surface area (Å²) in [5.41, 5.74) is 0.872. The molecule has 1 fully saturated rings. The van der Waals surface area contributed by atoms with Crippen LogP contribution in [0.5, 0.6) is 23.1 Å². The van der Waals surface area contributed by atoms with Gasteiger partial charge in [0.2, 0.25) is 11.8 Å². The van der Waals surface area contributed by atoms with E-state index in [1.807, 2.05) is 6.92 Å². The number of nitro groups is 1. The number of benzene rings is 2. The molecule has 0 aliphatic carbocycles. The van der Waals surface area contributed by atoms with Crippen LogP contribution in [0, 0.1) is 10.1 Å². The number of aromatic nitrogens is 1. The summed E-state index contributed by atoms with van der Waals surface area (Å²) in [5, 5.41) is 12.9. The number of thioether (sulfide) groups is 1. The Bertz CT molecular complexity index is 1440. The Hall–Kier alpha value is -4.91. The maximum Gasteiger partial charge on any atom is 0.294 e. The standard InChI is InChI=1S/C26H22N4O8S/c1-3-37-19-8-5-17(6-9-19)28-23(31)15-29-25(32)22(39-26(29)33)13-16-4-10-20(21(12-16)36-2)38-24-11-7-18(14-27-24)30(34)35/h4-14H,3,15H2,1-2H3,(H,28,31). The zero-order chi connectivity index (χ0) is 27.9. The molecule has 12 nitrogen and oxygen atoms in total. The Morgan fingerprint density at radius 3 is 2.54 bits per heavy atom. The summed E-state index contributed by atoms with van der Waals surface area (Å²) in [4.78, 5) is 53.0. The molecule has 200 valence electrons. The molecule has 0 saturated carbocycles. The van der Waals surface area contributed by atoms with Crippen LogP contribution in [0.15, 0.2) is 65.7 Å². The Morgan fingerprint density at radius 1 is 1.13 bits per heavy atom. The summed E-state index contributed by atoms with van der Waals surface area (Å²) in [6, 6.07) is 14.1. The smallest absolute Gasteiger partial charge is 0.294 e. The van der Waals surface area contributed by atoms with Crippen molar-refractivity contribution in [1.29, 1.82) is 0 Å². The van der Waals surface area contributed by atoms with Crippen LogP contribution in [0.25, 0.3) is 6.08 Å². The Labute approximate surface area is 226 Å². The van der Waals surface area contributed by atoms with E-state index in [9.17, 15) is 24.5 Å². The largest absolute Gasteiger partial charge is 0.494 e. The van der Waals surface area contributed by atoms with E-state index >= 15 is 0 Å². The summed E-state index contributed by atoms with van der Waals surface area (Å²) >= 11 is 0.721. The second kappa shape index (κ2) is 12.1. The summed E-state index contributed by atoms with van der Waals surface area (Å²) in [6.45, 7) is 1.94. The lowest BCUT2D eigenvalue weighted by atomic mass is 10.2. The van der Waals surface area contributed by atoms with E-state index in [2.05, 4.69) is 10.3 Å². The molecule has 3 aromatic rings. The number of nitrogens with one attached hydrogen (secondary N) is 1. The summed E-state index contributed by atoms with van der Waals surface area (Å²) in [7, 11) is 1.42. The van der Waals surface area contributed by atoms with E-state index in [1.165, 1.54) is 25.3 Å². The van der Waals surface area contributed by atoms with Gasteiger partial charge >= 0.3 is 0 Å². The number of amides is 3. The van der Waals surface area contributed by atoms with Crippen LogP contribution < -0.4 is 19.5 Å². The molecule has 1 aliphatic heterocycles. The van der Waals surface area contributed by atoms with Crippen LogP contribution in [0.4, 0.5) is 16.2 Å². The molecule has 0 bridgehead atoms. The predicted molar refractivity (Wildman–Crippen MR) is 143 cm³/mol. The molecule has 0 radical (unpaired) electrons. The fourth-order valence-electron chi connectivity index (χ4n) is 3.44. The molecule has 1 aliphatic rings. The molecular weight excluding hydrogens is 528 g/mol. The Balaban J connectivity index is 1.42. The third kappa shape index (κ3) is 6.70. The minimum absolute atomic E-state index is 0.122. The number of nitrogens with zero attached hydrogens (tertiary/aromatic N) is 3. The maximum atomic E-state index is 12.9. The normalized spacial score (nSPS) is 13.9. The quantitative estimate of drug-likeness (QED) is 0.210. The van der Waals surface area contributed by atoms with Crippen LogP contribution in [-0.4, -0.2) is 52.1 Å². The van der Waals surface area contributed by atoms with Crippen LogP contribution in [0.1, 0.15) is 12.5 Å². The number of anilines is 1. The van der Waals surface area contributed by atoms with E-state index in [0.29, 0.717) is 29.4 Å². The molecule has 2 aromatic carbocycles. The third-order valence-electron chi connectivity index (χ3n) is 5.26. The first-order chi connectivity index (χ1) is 18.8. The fraction of sp³-hybridized carbons (Fsp3) is 0.154. The number of carbonyl (C=O) groups is 3. The third-order valence-corrected chi connectivity index (χ3v) is 6.16. The average molecular weight is 551 g/mol. The van der Waals surface area contributed by atoms with E-state index in [1.54, 1.807) is 42.5 Å². The second-order valence-corrected chi connectivity index (χ2v) is 8.89. The number of methoxy groups -OCH3 is 1. The van der Waals surface area contributed by atoms with Crippen molar-refractivity contribution in [2.75, 3.05) is 25.6 Å². The van der Waals surface area contributed by atoms with Crippen molar-refractivity contribution in [3.05, 3.63) is 81.4 Å². The van der Waals surface area contributed by atoms with Gasteiger partial charge in [-0.1, -0.05) is 6.07 Å². The molecule has 39 heavy (non-hydrogen) atoms. The predicted octanol–water partition coefficient (Wildman–Crippen LogP) is 4.86. The number of rotatable bonds is 10. The molecule has 0 spiro atoms. The summed E-state index contributed by atoms with van der Waals surface area (Å²) in [6.07, 6.45) is 2.58. The Kier molecular flexibility index (Phi) is 8.41. The van der Waals surface area contributed by atoms with Crippen LogP contribution in [0.3, 0.4) is 0 Å². The monoisotopic (exact) mass is 550 g/mol. The lowest BCUT2D eigenvalue weighted by molar-refractivity contribution is -0.385. The molecule has 0 unspecified atom stereocenters. The molecular formula is C26H22N4O8S. The van der Waals surface area contributed by atoms with Gasteiger partial charge in [0, 0.05) is 17.8 Å². The number of hydrogen-bond acceptors (Lipinski definition) is 10. The van der Waals surface area contributed by atoms with E-state index in [0.717, 1.165) is 22.9 Å². The van der Waals surface area contributed by atoms with E-state index in [4.69, 9.17) is 14.2 Å². The number of ether oxygens (including phenoxy) is 3. The van der Waals surface area contributed by atoms with Gasteiger partial charge < -0.3 is 19.5 Å². The number of imide groups is 1. The first kappa shape index (κ1) is 27.1. The second-order valence-electron chi connectivity index (χ2n) is 7.90. The zero-order valence-electron chi connectivity index (χ0n) is 20.8. The summed E-state index contributed by atoms with van der Waals surface area (Å²) in [5.74, 6) is 0.252. The van der Waals surface area contributed by atoms with Gasteiger partial charge in [-0.2, -0.15) is 0 Å². The molecule has 2 heterocycles. The molecule has 13 heteroatoms. The maximum absolute atomic E-state index is 12.9. The van der Waals surface area contributed by atoms with Crippen molar-refractivity contribution in [1.82, 2.24) is 9.88 Å².